The van der Waals surface area contributed by atoms with E-state index in [2.05, 4.69) is 58.8 Å². The molecule has 0 radical (unpaired) electrons. The highest BCUT2D eigenvalue weighted by Gasteiger charge is 2.27. The summed E-state index contributed by atoms with van der Waals surface area (Å²) in [6, 6.07) is 18.2. The van der Waals surface area contributed by atoms with Crippen LogP contribution in [0.15, 0.2) is 67.1 Å². The Bertz CT molecular complexity index is 1180. The summed E-state index contributed by atoms with van der Waals surface area (Å²) in [4.78, 5) is 11.7. The fourth-order valence-corrected chi connectivity index (χ4v) is 4.48. The summed E-state index contributed by atoms with van der Waals surface area (Å²) in [5.74, 6) is 0.946. The quantitative estimate of drug-likeness (QED) is 0.449. The van der Waals surface area contributed by atoms with Crippen LogP contribution in [-0.2, 0) is 4.74 Å². The van der Waals surface area contributed by atoms with Crippen LogP contribution < -0.4 is 4.90 Å². The van der Waals surface area contributed by atoms with Crippen molar-refractivity contribution in [2.75, 3.05) is 18.0 Å². The molecule has 1 aliphatic heterocycles. The van der Waals surface area contributed by atoms with Gasteiger partial charge in [-0.3, -0.25) is 0 Å². The van der Waals surface area contributed by atoms with E-state index in [4.69, 9.17) is 21.3 Å². The van der Waals surface area contributed by atoms with Gasteiger partial charge in [-0.15, -0.1) is 0 Å². The van der Waals surface area contributed by atoms with Crippen molar-refractivity contribution in [3.05, 3.63) is 72.1 Å². The number of halogens is 1. The van der Waals surface area contributed by atoms with Gasteiger partial charge in [-0.25, -0.2) is 9.97 Å². The Kier molecular flexibility index (Phi) is 4.93. The van der Waals surface area contributed by atoms with Crippen LogP contribution in [0.5, 0.6) is 0 Å². The molecule has 2 atom stereocenters. The number of hydrogen-bond acceptors (Lipinski definition) is 4. The van der Waals surface area contributed by atoms with Gasteiger partial charge in [0.2, 0.25) is 0 Å². The number of hydrogen-bond donors (Lipinski definition) is 0. The van der Waals surface area contributed by atoms with Gasteiger partial charge in [0, 0.05) is 35.6 Å². The lowest BCUT2D eigenvalue weighted by Gasteiger charge is -2.36. The molecule has 0 amide bonds. The Balaban J connectivity index is 1.76. The first-order valence-electron chi connectivity index (χ1n) is 10.2. The molecule has 30 heavy (non-hydrogen) atoms. The van der Waals surface area contributed by atoms with E-state index in [0.717, 1.165) is 46.8 Å². The second-order valence-electron chi connectivity index (χ2n) is 7.82. The fraction of sp³-hybridized carbons (Fsp3) is 0.250. The molecule has 5 nitrogen and oxygen atoms in total. The Morgan fingerprint density at radius 2 is 1.73 bits per heavy atom. The van der Waals surface area contributed by atoms with Crippen LogP contribution in [0.3, 0.4) is 0 Å². The summed E-state index contributed by atoms with van der Waals surface area (Å²) >= 11 is 6.29. The van der Waals surface area contributed by atoms with Crippen molar-refractivity contribution in [2.24, 2.45) is 0 Å². The maximum atomic E-state index is 6.29. The van der Waals surface area contributed by atoms with Crippen LogP contribution in [0, 0.1) is 0 Å². The number of anilines is 1. The summed E-state index contributed by atoms with van der Waals surface area (Å²) < 4.78 is 8.05. The molecule has 0 aliphatic carbocycles. The first-order chi connectivity index (χ1) is 14.6. The van der Waals surface area contributed by atoms with E-state index >= 15 is 0 Å². The highest BCUT2D eigenvalue weighted by molar-refractivity contribution is 6.30. The van der Waals surface area contributed by atoms with Crippen molar-refractivity contribution in [2.45, 2.75) is 26.1 Å². The number of morpholine rings is 1. The Hall–Kier alpha value is -2.89. The molecule has 1 aliphatic rings. The third-order valence-electron chi connectivity index (χ3n) is 5.45. The van der Waals surface area contributed by atoms with Gasteiger partial charge in [0.25, 0.3) is 0 Å². The largest absolute Gasteiger partial charge is 0.372 e. The molecule has 2 aromatic carbocycles. The van der Waals surface area contributed by atoms with Crippen molar-refractivity contribution in [1.82, 2.24) is 14.5 Å². The van der Waals surface area contributed by atoms with E-state index in [1.54, 1.807) is 6.33 Å². The van der Waals surface area contributed by atoms with Crippen molar-refractivity contribution >= 4 is 28.5 Å². The monoisotopic (exact) mass is 418 g/mol. The Morgan fingerprint density at radius 1 is 0.967 bits per heavy atom. The van der Waals surface area contributed by atoms with Crippen molar-refractivity contribution in [1.29, 1.82) is 0 Å². The standard InChI is InChI=1S/C24H23ClN4O/c1-16-12-28(13-17(2)30-16)23-22-21(18-7-4-3-5-8-18)14-29(24(22)27-15-26-23)20-10-6-9-19(25)11-20/h3-11,14-17H,12-13H2,1-2H3/t16-,17-/m1/s1. The molecule has 4 aromatic rings. The van der Waals surface area contributed by atoms with Crippen LogP contribution in [-0.4, -0.2) is 39.8 Å². The summed E-state index contributed by atoms with van der Waals surface area (Å²) in [7, 11) is 0. The average Bonchev–Trinajstić information content (AvgIpc) is 3.13. The van der Waals surface area contributed by atoms with E-state index in [-0.39, 0.29) is 12.2 Å². The Labute approximate surface area is 180 Å². The van der Waals surface area contributed by atoms with E-state index in [9.17, 15) is 0 Å². The highest BCUT2D eigenvalue weighted by atomic mass is 35.5. The zero-order valence-electron chi connectivity index (χ0n) is 17.0. The maximum absolute atomic E-state index is 6.29. The second-order valence-corrected chi connectivity index (χ2v) is 8.25. The average molecular weight is 419 g/mol. The van der Waals surface area contributed by atoms with E-state index < -0.39 is 0 Å². The molecular formula is C24H23ClN4O. The zero-order chi connectivity index (χ0) is 20.7. The summed E-state index contributed by atoms with van der Waals surface area (Å²) in [6.45, 7) is 5.81. The minimum atomic E-state index is 0.147. The van der Waals surface area contributed by atoms with Crippen molar-refractivity contribution < 1.29 is 4.74 Å². The van der Waals surface area contributed by atoms with Gasteiger partial charge in [-0.1, -0.05) is 48.0 Å². The second kappa shape index (κ2) is 7.74. The lowest BCUT2D eigenvalue weighted by Crippen LogP contribution is -2.46. The number of fused-ring (bicyclic) bond motifs is 1. The molecule has 0 N–H and O–H groups in total. The molecule has 3 heterocycles. The zero-order valence-corrected chi connectivity index (χ0v) is 17.8. The number of aromatic nitrogens is 3. The van der Waals surface area contributed by atoms with Gasteiger partial charge in [0.15, 0.2) is 5.65 Å². The topological polar surface area (TPSA) is 43.2 Å². The smallest absolute Gasteiger partial charge is 0.150 e. The third-order valence-corrected chi connectivity index (χ3v) is 5.69. The van der Waals surface area contributed by atoms with Gasteiger partial charge < -0.3 is 14.2 Å². The van der Waals surface area contributed by atoms with Gasteiger partial charge in [0.05, 0.1) is 17.6 Å². The van der Waals surface area contributed by atoms with E-state index in [0.29, 0.717) is 5.02 Å². The molecule has 0 unspecified atom stereocenters. The molecule has 6 heteroatoms. The van der Waals surface area contributed by atoms with Crippen LogP contribution >= 0.6 is 11.6 Å². The molecule has 0 bridgehead atoms. The minimum absolute atomic E-state index is 0.147. The maximum Gasteiger partial charge on any atom is 0.150 e. The van der Waals surface area contributed by atoms with Gasteiger partial charge in [-0.2, -0.15) is 0 Å². The van der Waals surface area contributed by atoms with Crippen LogP contribution in [0.25, 0.3) is 27.8 Å². The SMILES string of the molecule is C[C@@H]1CN(c2ncnc3c2c(-c2ccccc2)cn3-c2cccc(Cl)c2)C[C@@H](C)O1. The normalized spacial score (nSPS) is 19.4. The number of ether oxygens (including phenoxy) is 1. The fourth-order valence-electron chi connectivity index (χ4n) is 4.30. The predicted octanol–water partition coefficient (Wildman–Crippen LogP) is 5.35. The molecule has 1 saturated heterocycles. The lowest BCUT2D eigenvalue weighted by molar-refractivity contribution is -0.00537. The summed E-state index contributed by atoms with van der Waals surface area (Å²) in [5.41, 5.74) is 4.08. The molecule has 0 spiro atoms. The number of nitrogens with zero attached hydrogens (tertiary/aromatic N) is 4. The molecule has 1 fully saturated rings. The van der Waals surface area contributed by atoms with E-state index in [1.807, 2.05) is 30.3 Å². The first kappa shape index (κ1) is 19.1. The van der Waals surface area contributed by atoms with Crippen molar-refractivity contribution in [3.8, 4) is 16.8 Å². The van der Waals surface area contributed by atoms with Crippen LogP contribution in [0.1, 0.15) is 13.8 Å². The van der Waals surface area contributed by atoms with Crippen LogP contribution in [0.2, 0.25) is 5.02 Å². The molecule has 5 rings (SSSR count). The van der Waals surface area contributed by atoms with E-state index in [1.165, 1.54) is 0 Å². The molecule has 152 valence electrons. The highest BCUT2D eigenvalue weighted by Crippen LogP contribution is 2.37. The van der Waals surface area contributed by atoms with Gasteiger partial charge in [-0.05, 0) is 37.6 Å². The Morgan fingerprint density at radius 3 is 2.47 bits per heavy atom. The first-order valence-corrected chi connectivity index (χ1v) is 10.6. The van der Waals surface area contributed by atoms with Crippen molar-refractivity contribution in [3.63, 3.8) is 0 Å². The van der Waals surface area contributed by atoms with Crippen LogP contribution in [0.4, 0.5) is 5.82 Å². The van der Waals surface area contributed by atoms with Gasteiger partial charge in [0.1, 0.15) is 12.1 Å². The third kappa shape index (κ3) is 3.44. The lowest BCUT2D eigenvalue weighted by atomic mass is 10.1. The molecule has 2 aromatic heterocycles. The summed E-state index contributed by atoms with van der Waals surface area (Å²) in [6.07, 6.45) is 4.08. The van der Waals surface area contributed by atoms with Gasteiger partial charge >= 0.3 is 0 Å². The number of rotatable bonds is 3. The predicted molar refractivity (Wildman–Crippen MR) is 122 cm³/mol. The molecule has 0 saturated carbocycles. The minimum Gasteiger partial charge on any atom is -0.372 e. The number of benzene rings is 2. The summed E-state index contributed by atoms with van der Waals surface area (Å²) in [5, 5.41) is 1.74. The molecular weight excluding hydrogens is 396 g/mol.